The monoisotopic (exact) mass is 295 g/mol. The molecule has 1 aromatic heterocycles. The van der Waals surface area contributed by atoms with Crippen molar-refractivity contribution in [3.8, 4) is 0 Å². The fraction of sp³-hybridized carbons (Fsp3) is 0.0833. The van der Waals surface area contributed by atoms with Crippen molar-refractivity contribution >= 4 is 28.9 Å². The second-order valence-corrected chi connectivity index (χ2v) is 4.25. The molecule has 0 atom stereocenters. The van der Waals surface area contributed by atoms with Crippen LogP contribution in [0.1, 0.15) is 16.3 Å². The third kappa shape index (κ3) is 2.95. The highest BCUT2D eigenvalue weighted by atomic mass is 35.5. The van der Waals surface area contributed by atoms with E-state index in [9.17, 15) is 14.9 Å². The van der Waals surface area contributed by atoms with E-state index in [4.69, 9.17) is 21.8 Å². The van der Waals surface area contributed by atoms with Crippen LogP contribution in [0, 0.1) is 10.1 Å². The van der Waals surface area contributed by atoms with Crippen LogP contribution in [0.4, 0.5) is 11.4 Å². The van der Waals surface area contributed by atoms with Gasteiger partial charge in [-0.1, -0.05) is 11.6 Å². The number of hydrogen-bond donors (Lipinski definition) is 2. The number of nitro benzene ring substituents is 1. The van der Waals surface area contributed by atoms with E-state index in [2.05, 4.69) is 5.32 Å². The largest absolute Gasteiger partial charge is 0.455 e. The van der Waals surface area contributed by atoms with Gasteiger partial charge in [0.2, 0.25) is 0 Å². The van der Waals surface area contributed by atoms with Crippen LogP contribution < -0.4 is 11.1 Å². The minimum atomic E-state index is -0.628. The number of hydrogen-bond acceptors (Lipinski definition) is 5. The number of furan rings is 1. The molecule has 0 saturated heterocycles. The van der Waals surface area contributed by atoms with Gasteiger partial charge in [-0.05, 0) is 24.3 Å². The molecule has 0 aliphatic heterocycles. The second-order valence-electron chi connectivity index (χ2n) is 3.85. The van der Waals surface area contributed by atoms with Crippen LogP contribution in [0.3, 0.4) is 0 Å². The number of carbonyl (C=O) groups excluding carboxylic acids is 1. The number of nitrogens with zero attached hydrogens (tertiary/aromatic N) is 1. The maximum atomic E-state index is 11.9. The summed E-state index contributed by atoms with van der Waals surface area (Å²) in [7, 11) is 0. The third-order valence-electron chi connectivity index (χ3n) is 2.49. The van der Waals surface area contributed by atoms with E-state index in [0.717, 1.165) is 0 Å². The molecule has 0 spiro atoms. The fourth-order valence-electron chi connectivity index (χ4n) is 1.53. The normalized spacial score (nSPS) is 10.3. The van der Waals surface area contributed by atoms with Gasteiger partial charge in [-0.15, -0.1) is 0 Å². The van der Waals surface area contributed by atoms with Gasteiger partial charge in [0.15, 0.2) is 5.76 Å². The lowest BCUT2D eigenvalue weighted by Gasteiger charge is -2.03. The van der Waals surface area contributed by atoms with Crippen LogP contribution in [0.5, 0.6) is 0 Å². The van der Waals surface area contributed by atoms with E-state index in [1.54, 1.807) is 6.07 Å². The Balaban J connectivity index is 2.19. The van der Waals surface area contributed by atoms with Crippen molar-refractivity contribution in [2.75, 3.05) is 5.32 Å². The molecule has 7 nitrogen and oxygen atoms in total. The maximum absolute atomic E-state index is 11.9. The summed E-state index contributed by atoms with van der Waals surface area (Å²) in [6.07, 6.45) is 0. The van der Waals surface area contributed by atoms with Gasteiger partial charge < -0.3 is 15.5 Å². The molecular weight excluding hydrogens is 286 g/mol. The first-order valence-corrected chi connectivity index (χ1v) is 5.93. The predicted octanol–water partition coefficient (Wildman–Crippen LogP) is 2.55. The molecule has 0 unspecified atom stereocenters. The Morgan fingerprint density at radius 2 is 2.15 bits per heavy atom. The van der Waals surface area contributed by atoms with Crippen LogP contribution in [0.25, 0.3) is 0 Å². The molecule has 0 bridgehead atoms. The highest BCUT2D eigenvalue weighted by Gasteiger charge is 2.16. The first-order chi connectivity index (χ1) is 9.51. The molecule has 1 amide bonds. The Morgan fingerprint density at radius 3 is 2.75 bits per heavy atom. The summed E-state index contributed by atoms with van der Waals surface area (Å²) in [6, 6.07) is 7.02. The fourth-order valence-corrected chi connectivity index (χ4v) is 1.72. The van der Waals surface area contributed by atoms with Gasteiger partial charge in [0.25, 0.3) is 11.6 Å². The summed E-state index contributed by atoms with van der Waals surface area (Å²) >= 11 is 5.68. The Morgan fingerprint density at radius 1 is 1.40 bits per heavy atom. The van der Waals surface area contributed by atoms with Gasteiger partial charge in [0.05, 0.1) is 11.5 Å². The molecule has 0 radical (unpaired) electrons. The highest BCUT2D eigenvalue weighted by Crippen LogP contribution is 2.27. The molecule has 104 valence electrons. The molecule has 0 aliphatic carbocycles. The van der Waals surface area contributed by atoms with Gasteiger partial charge in [0.1, 0.15) is 10.8 Å². The Labute approximate surface area is 118 Å². The van der Waals surface area contributed by atoms with E-state index in [0.29, 0.717) is 5.76 Å². The molecule has 8 heteroatoms. The van der Waals surface area contributed by atoms with E-state index < -0.39 is 10.8 Å². The Kier molecular flexibility index (Phi) is 4.02. The lowest BCUT2D eigenvalue weighted by molar-refractivity contribution is -0.384. The number of carbonyl (C=O) groups is 1. The quantitative estimate of drug-likeness (QED) is 0.665. The molecule has 0 fully saturated rings. The Hall–Kier alpha value is -2.38. The molecule has 2 rings (SSSR count). The smallest absolute Gasteiger partial charge is 0.291 e. The Bertz CT molecular complexity index is 668. The first-order valence-electron chi connectivity index (χ1n) is 5.55. The van der Waals surface area contributed by atoms with Crippen molar-refractivity contribution in [1.82, 2.24) is 0 Å². The summed E-state index contributed by atoms with van der Waals surface area (Å²) in [5.74, 6) is 0.0154. The van der Waals surface area contributed by atoms with Gasteiger partial charge >= 0.3 is 0 Å². The number of halogens is 1. The van der Waals surface area contributed by atoms with Crippen molar-refractivity contribution < 1.29 is 14.1 Å². The van der Waals surface area contributed by atoms with Crippen molar-refractivity contribution in [3.63, 3.8) is 0 Å². The molecule has 20 heavy (non-hydrogen) atoms. The van der Waals surface area contributed by atoms with E-state index in [1.807, 2.05) is 0 Å². The number of benzene rings is 1. The van der Waals surface area contributed by atoms with Crippen LogP contribution in [0.2, 0.25) is 5.02 Å². The lowest BCUT2D eigenvalue weighted by atomic mass is 10.2. The average Bonchev–Trinajstić information content (AvgIpc) is 2.89. The van der Waals surface area contributed by atoms with Crippen LogP contribution in [-0.4, -0.2) is 10.8 Å². The van der Waals surface area contributed by atoms with E-state index in [-0.39, 0.29) is 28.7 Å². The summed E-state index contributed by atoms with van der Waals surface area (Å²) in [4.78, 5) is 22.0. The molecule has 0 saturated carbocycles. The van der Waals surface area contributed by atoms with Crippen molar-refractivity contribution in [1.29, 1.82) is 0 Å². The maximum Gasteiger partial charge on any atom is 0.291 e. The van der Waals surface area contributed by atoms with Crippen molar-refractivity contribution in [2.24, 2.45) is 5.73 Å². The third-order valence-corrected chi connectivity index (χ3v) is 2.81. The van der Waals surface area contributed by atoms with E-state index in [1.165, 1.54) is 24.3 Å². The molecular formula is C12H10ClN3O4. The first kappa shape index (κ1) is 14.0. The minimum absolute atomic E-state index is 0.00332. The number of amides is 1. The average molecular weight is 296 g/mol. The number of nitro groups is 1. The summed E-state index contributed by atoms with van der Waals surface area (Å²) in [5, 5.41) is 13.2. The topological polar surface area (TPSA) is 111 Å². The van der Waals surface area contributed by atoms with Crippen molar-refractivity contribution in [2.45, 2.75) is 6.54 Å². The summed E-state index contributed by atoms with van der Waals surface area (Å²) in [6.45, 7) is 0.180. The molecule has 0 aliphatic rings. The van der Waals surface area contributed by atoms with Crippen LogP contribution in [-0.2, 0) is 6.54 Å². The standard InChI is InChI=1S/C12H10ClN3O4/c13-9-3-1-7(5-10(9)16(18)19)15-12(17)11-4-2-8(6-14)20-11/h1-5H,6,14H2,(H,15,17). The van der Waals surface area contributed by atoms with Crippen LogP contribution in [0.15, 0.2) is 34.7 Å². The predicted molar refractivity (Wildman–Crippen MR) is 72.7 cm³/mol. The van der Waals surface area contributed by atoms with Gasteiger partial charge in [0, 0.05) is 11.8 Å². The lowest BCUT2D eigenvalue weighted by Crippen LogP contribution is -2.11. The number of nitrogens with two attached hydrogens (primary N) is 1. The zero-order valence-electron chi connectivity index (χ0n) is 10.1. The molecule has 2 aromatic rings. The van der Waals surface area contributed by atoms with Crippen LogP contribution >= 0.6 is 11.6 Å². The molecule has 1 heterocycles. The van der Waals surface area contributed by atoms with Crippen molar-refractivity contribution in [3.05, 3.63) is 57.0 Å². The minimum Gasteiger partial charge on any atom is -0.455 e. The summed E-state index contributed by atoms with van der Waals surface area (Å²) in [5.41, 5.74) is 5.33. The number of nitrogens with one attached hydrogen (secondary N) is 1. The summed E-state index contributed by atoms with van der Waals surface area (Å²) < 4.78 is 5.17. The zero-order chi connectivity index (χ0) is 14.7. The van der Waals surface area contributed by atoms with Gasteiger partial charge in [-0.2, -0.15) is 0 Å². The number of rotatable bonds is 4. The zero-order valence-corrected chi connectivity index (χ0v) is 10.9. The molecule has 1 aromatic carbocycles. The van der Waals surface area contributed by atoms with E-state index >= 15 is 0 Å². The van der Waals surface area contributed by atoms with Gasteiger partial charge in [-0.25, -0.2) is 0 Å². The second kappa shape index (κ2) is 5.72. The molecule has 3 N–H and O–H groups in total. The SMILES string of the molecule is NCc1ccc(C(=O)Nc2ccc(Cl)c([N+](=O)[O-])c2)o1. The van der Waals surface area contributed by atoms with Gasteiger partial charge in [-0.3, -0.25) is 14.9 Å². The highest BCUT2D eigenvalue weighted by molar-refractivity contribution is 6.32. The number of anilines is 1.